The first-order valence-electron chi connectivity index (χ1n) is 7.61. The number of benzene rings is 2. The smallest absolute Gasteiger partial charge is 0.278 e. The maximum absolute atomic E-state index is 12.3. The van der Waals surface area contributed by atoms with Gasteiger partial charge < -0.3 is 5.32 Å². The monoisotopic (exact) mass is 374 g/mol. The fourth-order valence-corrected chi connectivity index (χ4v) is 3.10. The molecule has 3 aromatic rings. The van der Waals surface area contributed by atoms with Crippen LogP contribution in [0, 0.1) is 0 Å². The van der Waals surface area contributed by atoms with E-state index >= 15 is 0 Å². The number of halogens is 1. The van der Waals surface area contributed by atoms with Crippen molar-refractivity contribution in [3.05, 3.63) is 63.9 Å². The first-order chi connectivity index (χ1) is 12.1. The summed E-state index contributed by atoms with van der Waals surface area (Å²) in [6, 6.07) is 14.4. The lowest BCUT2D eigenvalue weighted by Gasteiger charge is -2.07. The Kier molecular flexibility index (Phi) is 5.67. The van der Waals surface area contributed by atoms with Crippen molar-refractivity contribution >= 4 is 40.2 Å². The van der Waals surface area contributed by atoms with Crippen LogP contribution in [-0.4, -0.2) is 33.2 Å². The van der Waals surface area contributed by atoms with E-state index in [0.29, 0.717) is 28.2 Å². The molecule has 8 heteroatoms. The number of fused-ring (bicyclic) bond motifs is 1. The molecule has 3 rings (SSSR count). The van der Waals surface area contributed by atoms with Crippen molar-refractivity contribution in [3.8, 4) is 0 Å². The van der Waals surface area contributed by atoms with Crippen molar-refractivity contribution in [2.45, 2.75) is 11.4 Å². The van der Waals surface area contributed by atoms with Crippen molar-refractivity contribution in [3.63, 3.8) is 0 Å². The zero-order valence-corrected chi connectivity index (χ0v) is 14.8. The van der Waals surface area contributed by atoms with Crippen LogP contribution >= 0.6 is 23.4 Å². The zero-order chi connectivity index (χ0) is 17.6. The number of amides is 1. The topological polar surface area (TPSA) is 76.9 Å². The summed E-state index contributed by atoms with van der Waals surface area (Å²) in [5, 5.41) is 11.7. The van der Waals surface area contributed by atoms with E-state index in [4.69, 9.17) is 11.6 Å². The SMILES string of the molecule is O=C(Cn1nnc2ccccc2c1=O)NCCSc1ccc(Cl)cc1. The van der Waals surface area contributed by atoms with Gasteiger partial charge in [0.25, 0.3) is 5.56 Å². The van der Waals surface area contributed by atoms with E-state index in [2.05, 4.69) is 15.6 Å². The molecular formula is C17H15ClN4O2S. The second-order valence-electron chi connectivity index (χ2n) is 5.22. The Morgan fingerprint density at radius 2 is 1.92 bits per heavy atom. The van der Waals surface area contributed by atoms with Crippen molar-refractivity contribution in [2.75, 3.05) is 12.3 Å². The van der Waals surface area contributed by atoms with Crippen LogP contribution in [0.1, 0.15) is 0 Å². The van der Waals surface area contributed by atoms with Gasteiger partial charge in [-0.1, -0.05) is 28.9 Å². The van der Waals surface area contributed by atoms with E-state index in [0.717, 1.165) is 9.58 Å². The summed E-state index contributed by atoms with van der Waals surface area (Å²) in [7, 11) is 0. The first-order valence-corrected chi connectivity index (χ1v) is 8.97. The van der Waals surface area contributed by atoms with Gasteiger partial charge in [-0.3, -0.25) is 9.59 Å². The molecule has 0 saturated carbocycles. The molecule has 0 saturated heterocycles. The van der Waals surface area contributed by atoms with Crippen molar-refractivity contribution in [2.24, 2.45) is 0 Å². The van der Waals surface area contributed by atoms with Gasteiger partial charge in [0, 0.05) is 22.2 Å². The van der Waals surface area contributed by atoms with Gasteiger partial charge in [0.1, 0.15) is 12.1 Å². The zero-order valence-electron chi connectivity index (χ0n) is 13.2. The Balaban J connectivity index is 1.52. The lowest BCUT2D eigenvalue weighted by Crippen LogP contribution is -2.35. The first kappa shape index (κ1) is 17.4. The Hall–Kier alpha value is -2.38. The van der Waals surface area contributed by atoms with Crippen LogP contribution < -0.4 is 10.9 Å². The highest BCUT2D eigenvalue weighted by molar-refractivity contribution is 7.99. The van der Waals surface area contributed by atoms with Gasteiger partial charge in [0.15, 0.2) is 0 Å². The Labute approximate surface area is 153 Å². The third kappa shape index (κ3) is 4.58. The predicted molar refractivity (Wildman–Crippen MR) is 99.0 cm³/mol. The molecule has 0 aliphatic carbocycles. The van der Waals surface area contributed by atoms with Gasteiger partial charge in [0.05, 0.1) is 5.39 Å². The average Bonchev–Trinajstić information content (AvgIpc) is 2.63. The average molecular weight is 375 g/mol. The molecule has 0 spiro atoms. The minimum absolute atomic E-state index is 0.151. The van der Waals surface area contributed by atoms with Crippen LogP contribution in [0.15, 0.2) is 58.2 Å². The molecule has 0 radical (unpaired) electrons. The molecule has 0 fully saturated rings. The molecule has 128 valence electrons. The molecule has 6 nitrogen and oxygen atoms in total. The van der Waals surface area contributed by atoms with E-state index in [9.17, 15) is 9.59 Å². The molecule has 0 bridgehead atoms. The molecule has 1 heterocycles. The molecule has 2 aromatic carbocycles. The second-order valence-corrected chi connectivity index (χ2v) is 6.83. The molecule has 1 N–H and O–H groups in total. The standard InChI is InChI=1S/C17H15ClN4O2S/c18-12-5-7-13(8-6-12)25-10-9-19-16(23)11-22-17(24)14-3-1-2-4-15(14)20-21-22/h1-8H,9-11H2,(H,19,23). The van der Waals surface area contributed by atoms with Gasteiger partial charge >= 0.3 is 0 Å². The molecule has 0 unspecified atom stereocenters. The number of hydrogen-bond acceptors (Lipinski definition) is 5. The highest BCUT2D eigenvalue weighted by Gasteiger charge is 2.09. The lowest BCUT2D eigenvalue weighted by atomic mass is 10.2. The normalized spacial score (nSPS) is 10.8. The van der Waals surface area contributed by atoms with Gasteiger partial charge in [-0.05, 0) is 36.4 Å². The number of nitrogens with zero attached hydrogens (tertiary/aromatic N) is 3. The van der Waals surface area contributed by atoms with Crippen LogP contribution in [-0.2, 0) is 11.3 Å². The molecule has 25 heavy (non-hydrogen) atoms. The molecule has 1 amide bonds. The molecule has 0 atom stereocenters. The maximum atomic E-state index is 12.3. The summed E-state index contributed by atoms with van der Waals surface area (Å²) in [5.41, 5.74) is 0.194. The summed E-state index contributed by atoms with van der Waals surface area (Å²) in [4.78, 5) is 25.3. The summed E-state index contributed by atoms with van der Waals surface area (Å²) in [5.74, 6) is 0.439. The quantitative estimate of drug-likeness (QED) is 0.529. The van der Waals surface area contributed by atoms with Crippen LogP contribution in [0.2, 0.25) is 5.02 Å². The summed E-state index contributed by atoms with van der Waals surface area (Å²) in [6.07, 6.45) is 0. The number of hydrogen-bond donors (Lipinski definition) is 1. The van der Waals surface area contributed by atoms with E-state index in [-0.39, 0.29) is 18.0 Å². The number of rotatable bonds is 6. The van der Waals surface area contributed by atoms with Gasteiger partial charge in [-0.25, -0.2) is 4.68 Å². The molecular weight excluding hydrogens is 360 g/mol. The predicted octanol–water partition coefficient (Wildman–Crippen LogP) is 2.35. The third-order valence-electron chi connectivity index (χ3n) is 3.43. The van der Waals surface area contributed by atoms with Crippen LogP contribution in [0.3, 0.4) is 0 Å². The lowest BCUT2D eigenvalue weighted by molar-refractivity contribution is -0.121. The minimum Gasteiger partial charge on any atom is -0.354 e. The van der Waals surface area contributed by atoms with Crippen LogP contribution in [0.5, 0.6) is 0 Å². The van der Waals surface area contributed by atoms with Gasteiger partial charge in [-0.15, -0.1) is 16.9 Å². The second kappa shape index (κ2) is 8.13. The maximum Gasteiger partial charge on any atom is 0.278 e. The molecule has 0 aliphatic heterocycles. The van der Waals surface area contributed by atoms with Gasteiger partial charge in [0.2, 0.25) is 5.91 Å². The summed E-state index contributed by atoms with van der Waals surface area (Å²) in [6.45, 7) is 0.337. The Morgan fingerprint density at radius 1 is 1.16 bits per heavy atom. The van der Waals surface area contributed by atoms with Crippen molar-refractivity contribution < 1.29 is 4.79 Å². The van der Waals surface area contributed by atoms with E-state index in [1.807, 2.05) is 24.3 Å². The fourth-order valence-electron chi connectivity index (χ4n) is 2.21. The van der Waals surface area contributed by atoms with Crippen LogP contribution in [0.25, 0.3) is 10.9 Å². The third-order valence-corrected chi connectivity index (χ3v) is 4.70. The minimum atomic E-state index is -0.323. The number of carbonyl (C=O) groups is 1. The summed E-state index contributed by atoms with van der Waals surface area (Å²) >= 11 is 7.45. The molecule has 0 aliphatic rings. The number of carbonyl (C=O) groups excluding carboxylic acids is 1. The highest BCUT2D eigenvalue weighted by atomic mass is 35.5. The van der Waals surface area contributed by atoms with Gasteiger partial charge in [-0.2, -0.15) is 0 Å². The number of thioether (sulfide) groups is 1. The molecule has 1 aromatic heterocycles. The Morgan fingerprint density at radius 3 is 2.72 bits per heavy atom. The van der Waals surface area contributed by atoms with Crippen molar-refractivity contribution in [1.82, 2.24) is 20.3 Å². The largest absolute Gasteiger partial charge is 0.354 e. The fraction of sp³-hybridized carbons (Fsp3) is 0.176. The summed E-state index contributed by atoms with van der Waals surface area (Å²) < 4.78 is 1.07. The Bertz CT molecular complexity index is 943. The highest BCUT2D eigenvalue weighted by Crippen LogP contribution is 2.19. The number of aromatic nitrogens is 3. The van der Waals surface area contributed by atoms with E-state index < -0.39 is 0 Å². The van der Waals surface area contributed by atoms with Crippen LogP contribution in [0.4, 0.5) is 0 Å². The van der Waals surface area contributed by atoms with E-state index in [1.54, 1.807) is 36.0 Å². The number of nitrogens with one attached hydrogen (secondary N) is 1. The van der Waals surface area contributed by atoms with E-state index in [1.165, 1.54) is 0 Å². The van der Waals surface area contributed by atoms with Crippen molar-refractivity contribution in [1.29, 1.82) is 0 Å².